The van der Waals surface area contributed by atoms with Gasteiger partial charge in [0.2, 0.25) is 5.91 Å². The standard InChI is InChI=1S/C24H22N2O2/c1-17-10-12-19(13-11-17)22-23(27)25-14-15-26(22)24(28)21-9-5-8-20(16-21)18-6-3-2-4-7-18/h2-13,16,22H,14-15H2,1H3,(H,25,27). The minimum Gasteiger partial charge on any atom is -0.352 e. The summed E-state index contributed by atoms with van der Waals surface area (Å²) in [5.41, 5.74) is 4.58. The molecule has 1 aliphatic rings. The molecule has 0 bridgehead atoms. The van der Waals surface area contributed by atoms with Crippen molar-refractivity contribution in [2.24, 2.45) is 0 Å². The molecule has 1 N–H and O–H groups in total. The number of amides is 2. The Balaban J connectivity index is 1.67. The lowest BCUT2D eigenvalue weighted by Gasteiger charge is -2.35. The molecule has 0 saturated carbocycles. The number of piperazine rings is 1. The van der Waals surface area contributed by atoms with Crippen LogP contribution in [-0.2, 0) is 4.79 Å². The normalized spacial score (nSPS) is 16.5. The quantitative estimate of drug-likeness (QED) is 0.758. The van der Waals surface area contributed by atoms with Gasteiger partial charge in [-0.25, -0.2) is 0 Å². The monoisotopic (exact) mass is 370 g/mol. The Bertz CT molecular complexity index is 997. The fourth-order valence-corrected chi connectivity index (χ4v) is 3.59. The molecule has 3 aromatic carbocycles. The maximum Gasteiger partial charge on any atom is 0.254 e. The van der Waals surface area contributed by atoms with Crippen molar-refractivity contribution < 1.29 is 9.59 Å². The molecule has 0 spiro atoms. The number of nitrogens with one attached hydrogen (secondary N) is 1. The lowest BCUT2D eigenvalue weighted by molar-refractivity contribution is -0.128. The van der Waals surface area contributed by atoms with E-state index in [1.165, 1.54) is 0 Å². The highest BCUT2D eigenvalue weighted by Gasteiger charge is 2.34. The van der Waals surface area contributed by atoms with Crippen molar-refractivity contribution in [3.05, 3.63) is 95.6 Å². The number of hydrogen-bond donors (Lipinski definition) is 1. The SMILES string of the molecule is Cc1ccc(C2C(=O)NCCN2C(=O)c2cccc(-c3ccccc3)c2)cc1. The molecular weight excluding hydrogens is 348 g/mol. The number of carbonyl (C=O) groups is 2. The summed E-state index contributed by atoms with van der Waals surface area (Å²) in [5.74, 6) is -0.263. The van der Waals surface area contributed by atoms with Gasteiger partial charge in [-0.05, 0) is 35.7 Å². The second-order valence-corrected chi connectivity index (χ2v) is 7.05. The first-order chi connectivity index (χ1) is 13.6. The van der Waals surface area contributed by atoms with Crippen LogP contribution in [0, 0.1) is 6.92 Å². The summed E-state index contributed by atoms with van der Waals surface area (Å²) in [6.45, 7) is 2.95. The van der Waals surface area contributed by atoms with Crippen LogP contribution in [0.3, 0.4) is 0 Å². The zero-order valence-corrected chi connectivity index (χ0v) is 15.8. The van der Waals surface area contributed by atoms with Gasteiger partial charge in [-0.15, -0.1) is 0 Å². The molecule has 4 heteroatoms. The highest BCUT2D eigenvalue weighted by molar-refractivity contribution is 5.99. The van der Waals surface area contributed by atoms with Gasteiger partial charge in [-0.3, -0.25) is 9.59 Å². The molecule has 0 aliphatic carbocycles. The van der Waals surface area contributed by atoms with E-state index in [4.69, 9.17) is 0 Å². The van der Waals surface area contributed by atoms with Crippen LogP contribution < -0.4 is 5.32 Å². The van der Waals surface area contributed by atoms with E-state index in [0.29, 0.717) is 18.7 Å². The Morgan fingerprint density at radius 1 is 0.929 bits per heavy atom. The summed E-state index contributed by atoms with van der Waals surface area (Å²) in [6, 6.07) is 24.7. The number of rotatable bonds is 3. The van der Waals surface area contributed by atoms with Gasteiger partial charge in [-0.1, -0.05) is 72.3 Å². The van der Waals surface area contributed by atoms with Gasteiger partial charge in [0.15, 0.2) is 0 Å². The number of benzene rings is 3. The van der Waals surface area contributed by atoms with Crippen LogP contribution in [0.25, 0.3) is 11.1 Å². The number of hydrogen-bond acceptors (Lipinski definition) is 2. The molecule has 28 heavy (non-hydrogen) atoms. The van der Waals surface area contributed by atoms with Crippen molar-refractivity contribution in [2.75, 3.05) is 13.1 Å². The summed E-state index contributed by atoms with van der Waals surface area (Å²) < 4.78 is 0. The predicted octanol–water partition coefficient (Wildman–Crippen LogP) is 3.98. The third-order valence-corrected chi connectivity index (χ3v) is 5.08. The maximum atomic E-state index is 13.3. The number of carbonyl (C=O) groups excluding carboxylic acids is 2. The van der Waals surface area contributed by atoms with Crippen LogP contribution in [-0.4, -0.2) is 29.8 Å². The van der Waals surface area contributed by atoms with Crippen molar-refractivity contribution in [2.45, 2.75) is 13.0 Å². The van der Waals surface area contributed by atoms with Crippen LogP contribution >= 0.6 is 0 Å². The molecule has 0 aromatic heterocycles. The molecule has 1 aliphatic heterocycles. The van der Waals surface area contributed by atoms with Crippen molar-refractivity contribution in [3.8, 4) is 11.1 Å². The molecule has 4 rings (SSSR count). The van der Waals surface area contributed by atoms with Crippen molar-refractivity contribution in [1.29, 1.82) is 0 Å². The number of nitrogens with zero attached hydrogens (tertiary/aromatic N) is 1. The van der Waals surface area contributed by atoms with Crippen molar-refractivity contribution in [3.63, 3.8) is 0 Å². The van der Waals surface area contributed by atoms with Crippen LogP contribution in [0.4, 0.5) is 0 Å². The lowest BCUT2D eigenvalue weighted by atomic mass is 9.98. The second-order valence-electron chi connectivity index (χ2n) is 7.05. The van der Waals surface area contributed by atoms with Crippen molar-refractivity contribution in [1.82, 2.24) is 10.2 Å². The molecule has 1 fully saturated rings. The molecule has 1 atom stereocenters. The fraction of sp³-hybridized carbons (Fsp3) is 0.167. The Kier molecular flexibility index (Phi) is 4.94. The molecule has 1 heterocycles. The van der Waals surface area contributed by atoms with E-state index in [1.807, 2.05) is 85.8 Å². The Morgan fingerprint density at radius 2 is 1.64 bits per heavy atom. The molecular formula is C24H22N2O2. The van der Waals surface area contributed by atoms with Gasteiger partial charge in [-0.2, -0.15) is 0 Å². The fourth-order valence-electron chi connectivity index (χ4n) is 3.59. The van der Waals surface area contributed by atoms with E-state index in [2.05, 4.69) is 5.32 Å². The first-order valence-electron chi connectivity index (χ1n) is 9.44. The van der Waals surface area contributed by atoms with Crippen LogP contribution in [0.1, 0.15) is 27.5 Å². The van der Waals surface area contributed by atoms with Gasteiger partial charge in [0.25, 0.3) is 5.91 Å². The predicted molar refractivity (Wildman–Crippen MR) is 110 cm³/mol. The molecule has 1 unspecified atom stereocenters. The first-order valence-corrected chi connectivity index (χ1v) is 9.44. The van der Waals surface area contributed by atoms with E-state index < -0.39 is 6.04 Å². The Labute approximate surface area is 164 Å². The lowest BCUT2D eigenvalue weighted by Crippen LogP contribution is -2.52. The van der Waals surface area contributed by atoms with Gasteiger partial charge < -0.3 is 10.2 Å². The molecule has 140 valence electrons. The van der Waals surface area contributed by atoms with Crippen LogP contribution in [0.2, 0.25) is 0 Å². The summed E-state index contributed by atoms with van der Waals surface area (Å²) in [6.07, 6.45) is 0. The largest absolute Gasteiger partial charge is 0.352 e. The van der Waals surface area contributed by atoms with E-state index in [1.54, 1.807) is 4.90 Å². The third-order valence-electron chi connectivity index (χ3n) is 5.08. The summed E-state index contributed by atoms with van der Waals surface area (Å²) in [7, 11) is 0. The zero-order chi connectivity index (χ0) is 19.5. The maximum absolute atomic E-state index is 13.3. The summed E-state index contributed by atoms with van der Waals surface area (Å²) in [4.78, 5) is 27.6. The molecule has 2 amide bonds. The zero-order valence-electron chi connectivity index (χ0n) is 15.8. The minimum absolute atomic E-state index is 0.127. The van der Waals surface area contributed by atoms with Crippen LogP contribution in [0.5, 0.6) is 0 Å². The molecule has 3 aromatic rings. The second kappa shape index (κ2) is 7.69. The highest BCUT2D eigenvalue weighted by atomic mass is 16.2. The van der Waals surface area contributed by atoms with E-state index in [9.17, 15) is 9.59 Å². The van der Waals surface area contributed by atoms with Gasteiger partial charge in [0, 0.05) is 18.7 Å². The molecule has 0 radical (unpaired) electrons. The van der Waals surface area contributed by atoms with Gasteiger partial charge in [0.1, 0.15) is 6.04 Å². The van der Waals surface area contributed by atoms with Gasteiger partial charge in [0.05, 0.1) is 0 Å². The van der Waals surface area contributed by atoms with E-state index in [0.717, 1.165) is 22.3 Å². The van der Waals surface area contributed by atoms with E-state index >= 15 is 0 Å². The Morgan fingerprint density at radius 3 is 2.39 bits per heavy atom. The minimum atomic E-state index is -0.609. The van der Waals surface area contributed by atoms with Gasteiger partial charge >= 0.3 is 0 Å². The smallest absolute Gasteiger partial charge is 0.254 e. The average molecular weight is 370 g/mol. The molecule has 1 saturated heterocycles. The summed E-state index contributed by atoms with van der Waals surface area (Å²) in [5, 5.41) is 2.89. The highest BCUT2D eigenvalue weighted by Crippen LogP contribution is 2.27. The average Bonchev–Trinajstić information content (AvgIpc) is 2.74. The third kappa shape index (κ3) is 3.54. The van der Waals surface area contributed by atoms with E-state index in [-0.39, 0.29) is 11.8 Å². The Hall–Kier alpha value is -3.40. The van der Waals surface area contributed by atoms with Crippen LogP contribution in [0.15, 0.2) is 78.9 Å². The number of aryl methyl sites for hydroxylation is 1. The topological polar surface area (TPSA) is 49.4 Å². The first kappa shape index (κ1) is 18.0. The summed E-state index contributed by atoms with van der Waals surface area (Å²) >= 11 is 0. The van der Waals surface area contributed by atoms with Crippen molar-refractivity contribution >= 4 is 11.8 Å². The molecule has 4 nitrogen and oxygen atoms in total.